The second-order valence-electron chi connectivity index (χ2n) is 8.59. The van der Waals surface area contributed by atoms with Crippen LogP contribution in [0.3, 0.4) is 0 Å². The fraction of sp³-hybridized carbons (Fsp3) is 0.259. The summed E-state index contributed by atoms with van der Waals surface area (Å²) in [7, 11) is -1.20. The molecule has 0 spiro atoms. The van der Waals surface area contributed by atoms with E-state index in [1.54, 1.807) is 43.3 Å². The number of carbonyl (C=O) groups excluding carboxylic acids is 2. The van der Waals surface area contributed by atoms with E-state index in [1.807, 2.05) is 6.92 Å². The molecule has 1 atom stereocenters. The van der Waals surface area contributed by atoms with Gasteiger partial charge in [-0.1, -0.05) is 53.0 Å². The number of halogens is 2. The molecule has 0 saturated heterocycles. The van der Waals surface area contributed by atoms with Crippen LogP contribution in [0.5, 0.6) is 5.75 Å². The summed E-state index contributed by atoms with van der Waals surface area (Å²) in [6.45, 7) is 2.88. The molecule has 2 amide bonds. The molecule has 0 radical (unpaired) electrons. The summed E-state index contributed by atoms with van der Waals surface area (Å²) in [6.07, 6.45) is 0. The molecular formula is C27H29Cl2N3O5S. The Balaban J connectivity index is 2.06. The van der Waals surface area contributed by atoms with Crippen molar-refractivity contribution >= 4 is 50.7 Å². The number of benzene rings is 3. The Hall–Kier alpha value is -3.27. The van der Waals surface area contributed by atoms with E-state index in [9.17, 15) is 18.0 Å². The van der Waals surface area contributed by atoms with Crippen molar-refractivity contribution in [2.45, 2.75) is 31.3 Å². The second-order valence-corrected chi connectivity index (χ2v) is 11.3. The first kappa shape index (κ1) is 29.3. The number of nitrogens with one attached hydrogen (secondary N) is 1. The number of rotatable bonds is 10. The molecule has 1 N–H and O–H groups in total. The van der Waals surface area contributed by atoms with Gasteiger partial charge in [0.05, 0.1) is 27.7 Å². The number of amides is 2. The topological polar surface area (TPSA) is 96.0 Å². The molecule has 0 heterocycles. The summed E-state index contributed by atoms with van der Waals surface area (Å²) in [5.74, 6) is -0.406. The largest absolute Gasteiger partial charge is 0.497 e. The van der Waals surface area contributed by atoms with Crippen LogP contribution in [0.15, 0.2) is 71.6 Å². The lowest BCUT2D eigenvalue weighted by Gasteiger charge is -2.32. The SMILES string of the molecule is CNC(=O)[C@H](C)N(Cc1cccc(OC)c1)C(=O)CN(c1ccc(Cl)c(Cl)c1)S(=O)(=O)c1ccc(C)cc1. The average molecular weight is 579 g/mol. The molecule has 202 valence electrons. The van der Waals surface area contributed by atoms with Gasteiger partial charge in [-0.05, 0) is 61.9 Å². The number of ether oxygens (including phenoxy) is 1. The van der Waals surface area contributed by atoms with Crippen LogP contribution >= 0.6 is 23.2 Å². The van der Waals surface area contributed by atoms with E-state index in [0.717, 1.165) is 9.87 Å². The zero-order chi connectivity index (χ0) is 28.0. The van der Waals surface area contributed by atoms with E-state index in [0.29, 0.717) is 11.3 Å². The van der Waals surface area contributed by atoms with Crippen molar-refractivity contribution in [1.29, 1.82) is 0 Å². The van der Waals surface area contributed by atoms with Gasteiger partial charge in [0, 0.05) is 13.6 Å². The van der Waals surface area contributed by atoms with Gasteiger partial charge in [0.1, 0.15) is 18.3 Å². The highest BCUT2D eigenvalue weighted by molar-refractivity contribution is 7.92. The fourth-order valence-corrected chi connectivity index (χ4v) is 5.46. The Morgan fingerprint density at radius 3 is 2.29 bits per heavy atom. The van der Waals surface area contributed by atoms with Gasteiger partial charge in [0.25, 0.3) is 10.0 Å². The average Bonchev–Trinajstić information content (AvgIpc) is 2.91. The molecule has 3 rings (SSSR count). The molecule has 8 nitrogen and oxygen atoms in total. The Morgan fingerprint density at radius 2 is 1.68 bits per heavy atom. The molecule has 0 saturated carbocycles. The predicted octanol–water partition coefficient (Wildman–Crippen LogP) is 4.67. The van der Waals surface area contributed by atoms with Crippen molar-refractivity contribution in [2.24, 2.45) is 0 Å². The lowest BCUT2D eigenvalue weighted by molar-refractivity contribution is -0.139. The highest BCUT2D eigenvalue weighted by atomic mass is 35.5. The van der Waals surface area contributed by atoms with Gasteiger partial charge in [-0.3, -0.25) is 13.9 Å². The maximum Gasteiger partial charge on any atom is 0.264 e. The maximum atomic E-state index is 13.8. The number of likely N-dealkylation sites (N-methyl/N-ethyl adjacent to an activating group) is 1. The van der Waals surface area contributed by atoms with Crippen LogP contribution in [0.4, 0.5) is 5.69 Å². The predicted molar refractivity (Wildman–Crippen MR) is 149 cm³/mol. The third-order valence-corrected chi connectivity index (χ3v) is 8.51. The highest BCUT2D eigenvalue weighted by Crippen LogP contribution is 2.31. The first-order valence-electron chi connectivity index (χ1n) is 11.7. The van der Waals surface area contributed by atoms with E-state index in [-0.39, 0.29) is 27.2 Å². The maximum absolute atomic E-state index is 13.8. The van der Waals surface area contributed by atoms with Crippen molar-refractivity contribution in [3.63, 3.8) is 0 Å². The molecule has 0 unspecified atom stereocenters. The number of carbonyl (C=O) groups is 2. The van der Waals surface area contributed by atoms with Gasteiger partial charge in [-0.15, -0.1) is 0 Å². The van der Waals surface area contributed by atoms with Gasteiger partial charge in [-0.25, -0.2) is 8.42 Å². The van der Waals surface area contributed by atoms with Gasteiger partial charge in [-0.2, -0.15) is 0 Å². The van der Waals surface area contributed by atoms with Crippen LogP contribution in [-0.2, 0) is 26.2 Å². The van der Waals surface area contributed by atoms with Crippen LogP contribution < -0.4 is 14.4 Å². The van der Waals surface area contributed by atoms with Gasteiger partial charge in [0.15, 0.2) is 0 Å². The van der Waals surface area contributed by atoms with Crippen molar-refractivity contribution in [3.8, 4) is 5.75 Å². The van der Waals surface area contributed by atoms with Gasteiger partial charge < -0.3 is 15.0 Å². The zero-order valence-corrected chi connectivity index (χ0v) is 23.8. The van der Waals surface area contributed by atoms with Crippen molar-refractivity contribution in [3.05, 3.63) is 87.9 Å². The molecule has 3 aromatic rings. The Bertz CT molecular complexity index is 1410. The molecule has 0 bridgehead atoms. The first-order valence-corrected chi connectivity index (χ1v) is 13.9. The molecule has 0 aromatic heterocycles. The molecule has 0 aliphatic heterocycles. The lowest BCUT2D eigenvalue weighted by Crippen LogP contribution is -2.50. The zero-order valence-electron chi connectivity index (χ0n) is 21.4. The number of hydrogen-bond acceptors (Lipinski definition) is 5. The molecule has 3 aromatic carbocycles. The second kappa shape index (κ2) is 12.5. The summed E-state index contributed by atoms with van der Waals surface area (Å²) >= 11 is 12.3. The molecule has 38 heavy (non-hydrogen) atoms. The highest BCUT2D eigenvalue weighted by Gasteiger charge is 2.32. The third-order valence-electron chi connectivity index (χ3n) is 5.98. The van der Waals surface area contributed by atoms with E-state index in [4.69, 9.17) is 27.9 Å². The number of nitrogens with zero attached hydrogens (tertiary/aromatic N) is 2. The van der Waals surface area contributed by atoms with Crippen LogP contribution in [-0.4, -0.2) is 51.9 Å². The van der Waals surface area contributed by atoms with Crippen LogP contribution in [0.1, 0.15) is 18.1 Å². The minimum Gasteiger partial charge on any atom is -0.497 e. The number of hydrogen-bond donors (Lipinski definition) is 1. The standard InChI is InChI=1S/C27H29Cl2N3O5S/c1-18-8-11-23(12-9-18)38(35,36)32(21-10-13-24(28)25(29)15-21)17-26(33)31(19(2)27(34)30-3)16-20-6-5-7-22(14-20)37-4/h5-15,19H,16-17H2,1-4H3,(H,30,34)/t19-/m0/s1. The van der Waals surface area contributed by atoms with E-state index < -0.39 is 34.4 Å². The minimum absolute atomic E-state index is 0.000618. The first-order chi connectivity index (χ1) is 18.0. The Kier molecular flexibility index (Phi) is 9.65. The van der Waals surface area contributed by atoms with E-state index >= 15 is 0 Å². The van der Waals surface area contributed by atoms with Crippen LogP contribution in [0.2, 0.25) is 10.0 Å². The normalized spacial score (nSPS) is 11.9. The molecular weight excluding hydrogens is 549 g/mol. The van der Waals surface area contributed by atoms with Crippen molar-refractivity contribution < 1.29 is 22.7 Å². The molecule has 0 aliphatic carbocycles. The monoisotopic (exact) mass is 577 g/mol. The molecule has 0 aliphatic rings. The summed E-state index contributed by atoms with van der Waals surface area (Å²) < 4.78 is 33.8. The summed E-state index contributed by atoms with van der Waals surface area (Å²) in [4.78, 5) is 27.7. The number of aryl methyl sites for hydroxylation is 1. The number of sulfonamides is 1. The Morgan fingerprint density at radius 1 is 1.00 bits per heavy atom. The molecule has 11 heteroatoms. The van der Waals surface area contributed by atoms with Gasteiger partial charge >= 0.3 is 0 Å². The molecule has 0 fully saturated rings. The fourth-order valence-electron chi connectivity index (χ4n) is 3.77. The summed E-state index contributed by atoms with van der Waals surface area (Å²) in [6, 6.07) is 16.8. The van der Waals surface area contributed by atoms with Crippen molar-refractivity contribution in [1.82, 2.24) is 10.2 Å². The van der Waals surface area contributed by atoms with E-state index in [2.05, 4.69) is 5.32 Å². The quantitative estimate of drug-likeness (QED) is 0.378. The lowest BCUT2D eigenvalue weighted by atomic mass is 10.1. The smallest absolute Gasteiger partial charge is 0.264 e. The summed E-state index contributed by atoms with van der Waals surface area (Å²) in [5.41, 5.74) is 1.74. The third kappa shape index (κ3) is 6.78. The number of methoxy groups -OCH3 is 1. The number of anilines is 1. The summed E-state index contributed by atoms with van der Waals surface area (Å²) in [5, 5.41) is 2.92. The Labute approximate surface area is 233 Å². The van der Waals surface area contributed by atoms with Crippen molar-refractivity contribution in [2.75, 3.05) is 25.0 Å². The minimum atomic E-state index is -4.20. The van der Waals surface area contributed by atoms with Gasteiger partial charge in [0.2, 0.25) is 11.8 Å². The van der Waals surface area contributed by atoms with Crippen LogP contribution in [0, 0.1) is 6.92 Å². The van der Waals surface area contributed by atoms with E-state index in [1.165, 1.54) is 49.4 Å². The van der Waals surface area contributed by atoms with Crippen LogP contribution in [0.25, 0.3) is 0 Å².